The Kier molecular flexibility index (Phi) is 7.19. The normalized spacial score (nSPS) is 15.7. The summed E-state index contributed by atoms with van der Waals surface area (Å²) in [6, 6.07) is 7.79. The molecular weight excluding hydrogens is 547 g/mol. The SMILES string of the molecule is C=CC(=O)N1CCCC(c2nc(-c3ccc(C(=O)Nc4cc(C(F)(F)F)ccn4)cc3Cl)n3c(N)nccc23)C1. The van der Waals surface area contributed by atoms with Crippen molar-refractivity contribution in [2.24, 2.45) is 0 Å². The van der Waals surface area contributed by atoms with E-state index in [9.17, 15) is 22.8 Å². The number of amides is 2. The van der Waals surface area contributed by atoms with E-state index in [0.29, 0.717) is 30.0 Å². The van der Waals surface area contributed by atoms with Gasteiger partial charge in [0.05, 0.1) is 21.8 Å². The molecule has 1 atom stereocenters. The second-order valence-electron chi connectivity index (χ2n) is 9.25. The number of alkyl halides is 3. The summed E-state index contributed by atoms with van der Waals surface area (Å²) < 4.78 is 40.7. The number of pyridine rings is 1. The lowest BCUT2D eigenvalue weighted by atomic mass is 9.94. The minimum Gasteiger partial charge on any atom is -0.369 e. The molecule has 3 N–H and O–H groups in total. The molecular formula is C27H23ClF3N7O2. The number of fused-ring (bicyclic) bond motifs is 1. The van der Waals surface area contributed by atoms with Gasteiger partial charge in [-0.15, -0.1) is 0 Å². The number of nitrogen functional groups attached to an aromatic ring is 1. The molecule has 4 aromatic rings. The van der Waals surface area contributed by atoms with Gasteiger partial charge >= 0.3 is 6.18 Å². The standard InChI is InChI=1S/C27H23ClF3N7O2/c1-2-22(39)37-11-3-4-16(14-37)23-20-8-10-34-26(32)38(20)24(36-23)18-6-5-15(12-19(18)28)25(40)35-21-13-17(7-9-33-21)27(29,30)31/h2,5-10,12-13,16H,1,3-4,11,14H2,(H2,32,34)(H,33,35,40). The first-order valence-corrected chi connectivity index (χ1v) is 12.6. The Morgan fingerprint density at radius 1 is 1.15 bits per heavy atom. The van der Waals surface area contributed by atoms with E-state index < -0.39 is 17.6 Å². The third kappa shape index (κ3) is 5.22. The lowest BCUT2D eigenvalue weighted by Crippen LogP contribution is -2.38. The quantitative estimate of drug-likeness (QED) is 0.319. The zero-order valence-corrected chi connectivity index (χ0v) is 21.7. The van der Waals surface area contributed by atoms with Crippen LogP contribution in [0.15, 0.2) is 61.4 Å². The maximum atomic E-state index is 13.0. The molecule has 1 aliphatic rings. The van der Waals surface area contributed by atoms with E-state index in [1.54, 1.807) is 27.6 Å². The third-order valence-corrected chi connectivity index (χ3v) is 7.02. The number of carbonyl (C=O) groups is 2. The number of hydrogen-bond donors (Lipinski definition) is 2. The van der Waals surface area contributed by atoms with Crippen LogP contribution in [0.4, 0.5) is 24.9 Å². The van der Waals surface area contributed by atoms with Gasteiger partial charge in [0, 0.05) is 42.5 Å². The molecule has 0 bridgehead atoms. The van der Waals surface area contributed by atoms with E-state index in [-0.39, 0.29) is 34.2 Å². The molecule has 1 aliphatic heterocycles. The summed E-state index contributed by atoms with van der Waals surface area (Å²) in [5, 5.41) is 2.53. The second-order valence-corrected chi connectivity index (χ2v) is 9.66. The van der Waals surface area contributed by atoms with Gasteiger partial charge in [0.1, 0.15) is 11.6 Å². The summed E-state index contributed by atoms with van der Waals surface area (Å²) in [5.41, 5.74) is 7.31. The predicted molar refractivity (Wildman–Crippen MR) is 144 cm³/mol. The van der Waals surface area contributed by atoms with Gasteiger partial charge in [0.15, 0.2) is 0 Å². The van der Waals surface area contributed by atoms with Crippen molar-refractivity contribution in [1.29, 1.82) is 0 Å². The fourth-order valence-electron chi connectivity index (χ4n) is 4.80. The lowest BCUT2D eigenvalue weighted by Gasteiger charge is -2.31. The minimum atomic E-state index is -4.58. The molecule has 1 saturated heterocycles. The highest BCUT2D eigenvalue weighted by Crippen LogP contribution is 2.36. The Balaban J connectivity index is 1.47. The summed E-state index contributed by atoms with van der Waals surface area (Å²) in [6.45, 7) is 4.68. The molecule has 5 rings (SSSR count). The summed E-state index contributed by atoms with van der Waals surface area (Å²) in [4.78, 5) is 39.6. The van der Waals surface area contributed by atoms with Gasteiger partial charge in [-0.1, -0.05) is 18.2 Å². The van der Waals surface area contributed by atoms with E-state index in [0.717, 1.165) is 36.9 Å². The minimum absolute atomic E-state index is 0.0630. The molecule has 0 aliphatic carbocycles. The smallest absolute Gasteiger partial charge is 0.369 e. The van der Waals surface area contributed by atoms with Crippen LogP contribution in [-0.4, -0.2) is 49.2 Å². The number of nitrogens with zero attached hydrogens (tertiary/aromatic N) is 5. The van der Waals surface area contributed by atoms with E-state index in [1.807, 2.05) is 0 Å². The first kappa shape index (κ1) is 27.1. The molecule has 1 aromatic carbocycles. The van der Waals surface area contributed by atoms with Crippen LogP contribution in [0.25, 0.3) is 16.9 Å². The molecule has 0 radical (unpaired) electrons. The van der Waals surface area contributed by atoms with E-state index >= 15 is 0 Å². The van der Waals surface area contributed by atoms with Crippen molar-refractivity contribution >= 4 is 40.7 Å². The monoisotopic (exact) mass is 569 g/mol. The number of nitrogens with two attached hydrogens (primary N) is 1. The number of likely N-dealkylation sites (tertiary alicyclic amines) is 1. The zero-order valence-electron chi connectivity index (χ0n) is 21.0. The molecule has 1 fully saturated rings. The Hall–Kier alpha value is -4.45. The first-order chi connectivity index (χ1) is 19.1. The molecule has 40 heavy (non-hydrogen) atoms. The fraction of sp³-hybridized carbons (Fsp3) is 0.222. The van der Waals surface area contributed by atoms with Crippen LogP contribution in [0.5, 0.6) is 0 Å². The van der Waals surface area contributed by atoms with Gasteiger partial charge in [-0.2, -0.15) is 13.2 Å². The van der Waals surface area contributed by atoms with Gasteiger partial charge < -0.3 is 16.0 Å². The predicted octanol–water partition coefficient (Wildman–Crippen LogP) is 5.19. The number of hydrogen-bond acceptors (Lipinski definition) is 6. The number of rotatable bonds is 5. The second kappa shape index (κ2) is 10.6. The van der Waals surface area contributed by atoms with Crippen LogP contribution in [-0.2, 0) is 11.0 Å². The van der Waals surface area contributed by atoms with E-state index in [1.165, 1.54) is 18.2 Å². The molecule has 3 aromatic heterocycles. The maximum Gasteiger partial charge on any atom is 0.416 e. The van der Waals surface area contributed by atoms with Crippen LogP contribution in [0, 0.1) is 0 Å². The highest BCUT2D eigenvalue weighted by atomic mass is 35.5. The number of benzene rings is 1. The topological polar surface area (TPSA) is 119 Å². The lowest BCUT2D eigenvalue weighted by molar-refractivity contribution is -0.137. The molecule has 4 heterocycles. The highest BCUT2D eigenvalue weighted by molar-refractivity contribution is 6.33. The van der Waals surface area contributed by atoms with Gasteiger partial charge in [-0.05, 0) is 55.3 Å². The van der Waals surface area contributed by atoms with Crippen molar-refractivity contribution in [3.05, 3.63) is 83.3 Å². The van der Waals surface area contributed by atoms with Crippen molar-refractivity contribution in [2.45, 2.75) is 24.9 Å². The number of halogens is 4. The molecule has 9 nitrogen and oxygen atoms in total. The average Bonchev–Trinajstić information content (AvgIpc) is 3.33. The van der Waals surface area contributed by atoms with Crippen LogP contribution in [0.3, 0.4) is 0 Å². The van der Waals surface area contributed by atoms with Crippen LogP contribution in [0.2, 0.25) is 5.02 Å². The highest BCUT2D eigenvalue weighted by Gasteiger charge is 2.31. The number of carbonyl (C=O) groups excluding carboxylic acids is 2. The van der Waals surface area contributed by atoms with E-state index in [4.69, 9.17) is 22.3 Å². The average molecular weight is 570 g/mol. The Bertz CT molecular complexity index is 1640. The Labute approximate surface area is 231 Å². The summed E-state index contributed by atoms with van der Waals surface area (Å²) >= 11 is 6.60. The van der Waals surface area contributed by atoms with Crippen molar-refractivity contribution < 1.29 is 22.8 Å². The van der Waals surface area contributed by atoms with Crippen LogP contribution < -0.4 is 11.1 Å². The third-order valence-electron chi connectivity index (χ3n) is 6.71. The van der Waals surface area contributed by atoms with Crippen molar-refractivity contribution in [3.8, 4) is 11.4 Å². The molecule has 206 valence electrons. The molecule has 1 unspecified atom stereocenters. The van der Waals surface area contributed by atoms with Gasteiger partial charge in [-0.25, -0.2) is 15.0 Å². The van der Waals surface area contributed by atoms with Gasteiger partial charge in [0.2, 0.25) is 11.9 Å². The summed E-state index contributed by atoms with van der Waals surface area (Å²) in [5.74, 6) is -0.573. The van der Waals surface area contributed by atoms with Gasteiger partial charge in [0.25, 0.3) is 5.91 Å². The molecule has 0 saturated carbocycles. The maximum absolute atomic E-state index is 13.0. The zero-order chi connectivity index (χ0) is 28.6. The number of nitrogens with one attached hydrogen (secondary N) is 1. The first-order valence-electron chi connectivity index (χ1n) is 12.3. The summed E-state index contributed by atoms with van der Waals surface area (Å²) in [7, 11) is 0. The number of anilines is 2. The van der Waals surface area contributed by atoms with Crippen molar-refractivity contribution in [1.82, 2.24) is 24.3 Å². The van der Waals surface area contributed by atoms with Crippen molar-refractivity contribution in [3.63, 3.8) is 0 Å². The number of aromatic nitrogens is 4. The molecule has 0 spiro atoms. The van der Waals surface area contributed by atoms with Crippen LogP contribution in [0.1, 0.15) is 40.4 Å². The number of piperidine rings is 1. The Morgan fingerprint density at radius 2 is 1.93 bits per heavy atom. The van der Waals surface area contributed by atoms with Crippen LogP contribution >= 0.6 is 11.6 Å². The Morgan fingerprint density at radius 3 is 2.65 bits per heavy atom. The fourth-order valence-corrected chi connectivity index (χ4v) is 5.06. The molecule has 13 heteroatoms. The largest absolute Gasteiger partial charge is 0.416 e. The van der Waals surface area contributed by atoms with Gasteiger partial charge in [-0.3, -0.25) is 14.0 Å². The van der Waals surface area contributed by atoms with Crippen molar-refractivity contribution in [2.75, 3.05) is 24.1 Å². The molecule has 2 amide bonds. The summed E-state index contributed by atoms with van der Waals surface area (Å²) in [6.07, 6.45) is 0.865. The number of imidazole rings is 1. The van der Waals surface area contributed by atoms with E-state index in [2.05, 4.69) is 21.9 Å².